The first-order valence-electron chi connectivity index (χ1n) is 21.3. The largest absolute Gasteiger partial charge is 0.744 e. The summed E-state index contributed by atoms with van der Waals surface area (Å²) in [7, 11) is -8.36. The Bertz CT molecular complexity index is 2660. The van der Waals surface area contributed by atoms with Crippen LogP contribution in [-0.2, 0) is 80.5 Å². The molecule has 0 saturated carbocycles. The van der Waals surface area contributed by atoms with Crippen LogP contribution in [0.3, 0.4) is 0 Å². The Hall–Kier alpha value is -6.10. The van der Waals surface area contributed by atoms with Crippen LogP contribution in [0.1, 0.15) is 90.1 Å². The molecule has 0 saturated heterocycles. The summed E-state index contributed by atoms with van der Waals surface area (Å²) < 4.78 is 262. The summed E-state index contributed by atoms with van der Waals surface area (Å²) in [5, 5.41) is 0. The van der Waals surface area contributed by atoms with E-state index in [0.29, 0.717) is 4.90 Å². The zero-order chi connectivity index (χ0) is 58.6. The lowest BCUT2D eigenvalue weighted by molar-refractivity contribution is -0.191. The molecule has 0 aliphatic carbocycles. The molecule has 0 heterocycles. The van der Waals surface area contributed by atoms with E-state index in [-0.39, 0.29) is 17.2 Å². The minimum atomic E-state index is -7.52. The summed E-state index contributed by atoms with van der Waals surface area (Å²) in [4.78, 5) is 36.3. The highest BCUT2D eigenvalue weighted by Crippen LogP contribution is 2.57. The molecular formula is C47H45F15O12S2. The van der Waals surface area contributed by atoms with Crippen LogP contribution in [0.2, 0.25) is 0 Å². The van der Waals surface area contributed by atoms with E-state index in [0.717, 1.165) is 9.79 Å². The zero-order valence-electron chi connectivity index (χ0n) is 40.9. The maximum absolute atomic E-state index is 13.0. The van der Waals surface area contributed by atoms with E-state index in [9.17, 15) is 93.2 Å². The predicted molar refractivity (Wildman–Crippen MR) is 235 cm³/mol. The van der Waals surface area contributed by atoms with Crippen molar-refractivity contribution in [2.24, 2.45) is 0 Å². The maximum Gasteiger partial charge on any atom is 0.418 e. The van der Waals surface area contributed by atoms with Crippen LogP contribution >= 0.6 is 0 Å². The second-order valence-corrected chi connectivity index (χ2v) is 21.7. The lowest BCUT2D eigenvalue weighted by Crippen LogP contribution is -2.34. The van der Waals surface area contributed by atoms with Gasteiger partial charge in [-0.05, 0) is 86.6 Å². The van der Waals surface area contributed by atoms with Gasteiger partial charge in [-0.2, -0.15) is 65.9 Å². The summed E-state index contributed by atoms with van der Waals surface area (Å²) in [6, 6.07) is 22.7. The first-order chi connectivity index (χ1) is 34.1. The summed E-state index contributed by atoms with van der Waals surface area (Å²) in [5.74, 6) is -1.01. The Morgan fingerprint density at radius 1 is 0.447 bits per heavy atom. The van der Waals surface area contributed by atoms with Crippen molar-refractivity contribution < 1.29 is 122 Å². The molecule has 0 N–H and O–H groups in total. The summed E-state index contributed by atoms with van der Waals surface area (Å²) >= 11 is 0. The average Bonchev–Trinajstić information content (AvgIpc) is 3.21. The van der Waals surface area contributed by atoms with Crippen molar-refractivity contribution in [2.45, 2.75) is 130 Å². The number of carbonyl (C=O) groups is 3. The van der Waals surface area contributed by atoms with Crippen molar-refractivity contribution in [3.8, 4) is 17.2 Å². The number of benzene rings is 4. The average molecular weight is 1150 g/mol. The maximum atomic E-state index is 13.0. The molecule has 29 heteroatoms. The van der Waals surface area contributed by atoms with E-state index in [1.54, 1.807) is 74.4 Å². The van der Waals surface area contributed by atoms with Gasteiger partial charge in [0.25, 0.3) is 0 Å². The lowest BCUT2D eigenvalue weighted by Gasteiger charge is -2.31. The van der Waals surface area contributed by atoms with E-state index in [1.807, 2.05) is 60.7 Å². The van der Waals surface area contributed by atoms with Gasteiger partial charge in [-0.1, -0.05) is 36.4 Å². The molecule has 0 fully saturated rings. The van der Waals surface area contributed by atoms with Crippen molar-refractivity contribution in [3.05, 3.63) is 101 Å². The highest BCUT2D eigenvalue weighted by Gasteiger charge is 2.61. The molecule has 12 nitrogen and oxygen atoms in total. The van der Waals surface area contributed by atoms with Crippen LogP contribution in [0.5, 0.6) is 17.2 Å². The third kappa shape index (κ3) is 18.6. The number of carbonyl (C=O) groups excluding carboxylic acids is 3. The molecule has 0 aliphatic heterocycles. The second kappa shape index (κ2) is 23.2. The molecule has 4 aromatic carbocycles. The van der Waals surface area contributed by atoms with Gasteiger partial charge in [0, 0.05) is 12.1 Å². The van der Waals surface area contributed by atoms with Crippen molar-refractivity contribution >= 4 is 38.9 Å². The lowest BCUT2D eigenvalue weighted by atomic mass is 9.89. The van der Waals surface area contributed by atoms with Gasteiger partial charge in [-0.15, -0.1) is 0 Å². The molecule has 0 aliphatic rings. The quantitative estimate of drug-likeness (QED) is 0.0410. The Balaban J connectivity index is 0.000000439. The number of alkyl halides is 15. The molecule has 4 aromatic rings. The zero-order valence-corrected chi connectivity index (χ0v) is 42.6. The highest BCUT2D eigenvalue weighted by atomic mass is 32.2. The number of rotatable bonds is 13. The van der Waals surface area contributed by atoms with Gasteiger partial charge in [0.05, 0.1) is 32.7 Å². The van der Waals surface area contributed by atoms with E-state index < -0.39 is 139 Å². The Kier molecular flexibility index (Phi) is 19.6. The molecule has 0 bridgehead atoms. The Morgan fingerprint density at radius 2 is 0.711 bits per heavy atom. The number of esters is 3. The van der Waals surface area contributed by atoms with Crippen molar-refractivity contribution in [1.29, 1.82) is 0 Å². The van der Waals surface area contributed by atoms with Gasteiger partial charge in [-0.3, -0.25) is 0 Å². The molecule has 0 spiro atoms. The summed E-state index contributed by atoms with van der Waals surface area (Å²) in [6.45, 7) is 14.7. The summed E-state index contributed by atoms with van der Waals surface area (Å²) in [5.41, 5.74) is -24.3. The van der Waals surface area contributed by atoms with E-state index in [4.69, 9.17) is 28.4 Å². The fourth-order valence-corrected chi connectivity index (χ4v) is 9.61. The third-order valence-corrected chi connectivity index (χ3v) is 11.8. The van der Waals surface area contributed by atoms with Crippen LogP contribution in [0, 0.1) is 0 Å². The number of hydrogen-bond acceptors (Lipinski definition) is 12. The molecule has 0 radical (unpaired) electrons. The molecule has 0 unspecified atom stereocenters. The molecular weight excluding hydrogens is 1110 g/mol. The van der Waals surface area contributed by atoms with Gasteiger partial charge < -0.3 is 33.0 Å². The topological polar surface area (TPSA) is 164 Å². The Morgan fingerprint density at radius 3 is 0.961 bits per heavy atom. The van der Waals surface area contributed by atoms with Gasteiger partial charge in [0.1, 0.15) is 43.6 Å². The number of ether oxygens (including phenoxy) is 6. The first kappa shape index (κ1) is 64.2. The normalized spacial score (nSPS) is 13.1. The standard InChI is InChI=1S/C36H45O9S.C11HF15O3S/c1-34(2,3)43-30(37)22-40-25-20-28(41-23-31(38)44-35(4,5)6)33(29(21-25)42-24-32(39)45-36(7,8)9)46(26-16-12-10-13-17-26)27-18-14-11-15-19-27;12-7(13,14)1-2(8(15,16)17)4(10(21,22)23)6(30(27,28)29)5(11(24,25)26)3(1)9(18,19)20/h10-21H,22-24H2,1-9H3;(H,27,28,29)/q+1;/p-1. The number of hydrogen-bond donors (Lipinski definition) is 0. The molecule has 0 atom stereocenters. The van der Waals surface area contributed by atoms with Crippen LogP contribution in [0.25, 0.3) is 0 Å². The fourth-order valence-electron chi connectivity index (χ4n) is 6.43. The van der Waals surface area contributed by atoms with Crippen LogP contribution < -0.4 is 14.2 Å². The van der Waals surface area contributed by atoms with E-state index in [2.05, 4.69) is 0 Å². The van der Waals surface area contributed by atoms with E-state index in [1.165, 1.54) is 0 Å². The smallest absolute Gasteiger partial charge is 0.418 e. The minimum absolute atomic E-state index is 0.206. The van der Waals surface area contributed by atoms with Gasteiger partial charge >= 0.3 is 48.8 Å². The van der Waals surface area contributed by atoms with Crippen molar-refractivity contribution in [1.82, 2.24) is 0 Å². The van der Waals surface area contributed by atoms with E-state index >= 15 is 0 Å². The molecule has 4 rings (SSSR count). The van der Waals surface area contributed by atoms with Gasteiger partial charge in [0.2, 0.25) is 4.90 Å². The summed E-state index contributed by atoms with van der Waals surface area (Å²) in [6.07, 6.45) is -35.6. The van der Waals surface area contributed by atoms with Crippen molar-refractivity contribution in [2.75, 3.05) is 19.8 Å². The number of halogens is 15. The molecule has 76 heavy (non-hydrogen) atoms. The molecule has 0 amide bonds. The monoisotopic (exact) mass is 1150 g/mol. The van der Waals surface area contributed by atoms with Crippen LogP contribution in [-0.4, -0.2) is 67.5 Å². The first-order valence-corrected chi connectivity index (χ1v) is 23.9. The fraction of sp³-hybridized carbons (Fsp3) is 0.426. The molecule has 0 aromatic heterocycles. The van der Waals surface area contributed by atoms with Gasteiger partial charge in [0.15, 0.2) is 41.1 Å². The SMILES string of the molecule is CC(C)(C)OC(=O)COc1cc(OCC(=O)OC(C)(C)C)c([S+](c2ccccc2)c2ccccc2)c(OCC(=O)OC(C)(C)C)c1.O=S(=O)([O-])c1c(C(F)(F)F)c(C(F)(F)F)c(C(F)(F)F)c(C(F)(F)F)c1C(F)(F)F. The second-order valence-electron chi connectivity index (χ2n) is 18.5. The Labute approximate surface area is 426 Å². The highest BCUT2D eigenvalue weighted by molar-refractivity contribution is 7.97. The predicted octanol–water partition coefficient (Wildman–Crippen LogP) is 12.6. The van der Waals surface area contributed by atoms with Crippen LogP contribution in [0.4, 0.5) is 65.9 Å². The van der Waals surface area contributed by atoms with Crippen molar-refractivity contribution in [3.63, 3.8) is 0 Å². The minimum Gasteiger partial charge on any atom is -0.744 e. The third-order valence-electron chi connectivity index (χ3n) is 8.59. The van der Waals surface area contributed by atoms with Gasteiger partial charge in [-0.25, -0.2) is 22.8 Å². The van der Waals surface area contributed by atoms with Crippen LogP contribution in [0.15, 0.2) is 92.4 Å². The molecule has 422 valence electrons.